The molecule has 0 saturated carbocycles. The summed E-state index contributed by atoms with van der Waals surface area (Å²) in [6, 6.07) is 4.11. The summed E-state index contributed by atoms with van der Waals surface area (Å²) in [7, 11) is 1.81. The first-order valence-corrected chi connectivity index (χ1v) is 6.02. The summed E-state index contributed by atoms with van der Waals surface area (Å²) < 4.78 is 0. The highest BCUT2D eigenvalue weighted by atomic mass is 32.1. The molecular formula is C12H16N2OS. The lowest BCUT2D eigenvalue weighted by molar-refractivity contribution is -0.128. The maximum absolute atomic E-state index is 11.6. The monoisotopic (exact) mass is 236 g/mol. The fourth-order valence-corrected chi connectivity index (χ4v) is 1.93. The highest BCUT2D eigenvalue weighted by Gasteiger charge is 2.07. The van der Waals surface area contributed by atoms with Gasteiger partial charge in [-0.1, -0.05) is 12.0 Å². The van der Waals surface area contributed by atoms with Crippen molar-refractivity contribution in [2.45, 2.75) is 6.42 Å². The van der Waals surface area contributed by atoms with Gasteiger partial charge in [0.1, 0.15) is 0 Å². The molecule has 1 aromatic heterocycles. The zero-order valence-corrected chi connectivity index (χ0v) is 10.2. The normalized spacial score (nSPS) is 9.75. The Morgan fingerprint density at radius 2 is 2.50 bits per heavy atom. The smallest absolute Gasteiger partial charge is 0.236 e. The van der Waals surface area contributed by atoms with Gasteiger partial charge in [-0.25, -0.2) is 0 Å². The molecule has 1 aromatic rings. The zero-order valence-electron chi connectivity index (χ0n) is 9.40. The number of carbonyl (C=O) groups is 1. The Balaban J connectivity index is 2.21. The van der Waals surface area contributed by atoms with E-state index in [1.54, 1.807) is 16.2 Å². The van der Waals surface area contributed by atoms with E-state index in [1.807, 2.05) is 18.5 Å². The predicted octanol–water partition coefficient (Wildman–Crippen LogP) is 0.972. The third kappa shape index (κ3) is 4.47. The Bertz CT molecular complexity index is 354. The number of likely N-dealkylation sites (N-methyl/N-ethyl adjacent to an activating group) is 1. The number of hydrogen-bond donors (Lipinski definition) is 1. The SMILES string of the molecule is C#CCNCC(=O)N(C)CCc1cccs1. The van der Waals surface area contributed by atoms with Crippen molar-refractivity contribution in [2.75, 3.05) is 26.7 Å². The van der Waals surface area contributed by atoms with Crippen LogP contribution in [0.5, 0.6) is 0 Å². The lowest BCUT2D eigenvalue weighted by Crippen LogP contribution is -2.36. The molecular weight excluding hydrogens is 220 g/mol. The molecule has 4 heteroatoms. The lowest BCUT2D eigenvalue weighted by atomic mass is 10.3. The number of terminal acetylenes is 1. The van der Waals surface area contributed by atoms with Crippen LogP contribution in [0.3, 0.4) is 0 Å². The molecule has 0 aliphatic rings. The average Bonchev–Trinajstić information content (AvgIpc) is 2.79. The minimum Gasteiger partial charge on any atom is -0.344 e. The van der Waals surface area contributed by atoms with Gasteiger partial charge in [-0.05, 0) is 17.9 Å². The molecule has 16 heavy (non-hydrogen) atoms. The van der Waals surface area contributed by atoms with Gasteiger partial charge in [0.25, 0.3) is 0 Å². The predicted molar refractivity (Wildman–Crippen MR) is 67.4 cm³/mol. The van der Waals surface area contributed by atoms with Crippen LogP contribution in [0.1, 0.15) is 4.88 Å². The number of nitrogens with one attached hydrogen (secondary N) is 1. The first-order valence-electron chi connectivity index (χ1n) is 5.14. The van der Waals surface area contributed by atoms with Crippen LogP contribution < -0.4 is 5.32 Å². The highest BCUT2D eigenvalue weighted by Crippen LogP contribution is 2.09. The summed E-state index contributed by atoms with van der Waals surface area (Å²) in [4.78, 5) is 14.6. The Morgan fingerprint density at radius 1 is 1.69 bits per heavy atom. The molecule has 0 aliphatic heterocycles. The second-order valence-electron chi connectivity index (χ2n) is 3.45. The largest absolute Gasteiger partial charge is 0.344 e. The van der Waals surface area contributed by atoms with E-state index in [9.17, 15) is 4.79 Å². The highest BCUT2D eigenvalue weighted by molar-refractivity contribution is 7.09. The third-order valence-corrected chi connectivity index (χ3v) is 3.14. The van der Waals surface area contributed by atoms with Crippen molar-refractivity contribution in [2.24, 2.45) is 0 Å². The van der Waals surface area contributed by atoms with Crippen LogP contribution in [-0.2, 0) is 11.2 Å². The molecule has 0 spiro atoms. The summed E-state index contributed by atoms with van der Waals surface area (Å²) in [5.74, 6) is 2.51. The van der Waals surface area contributed by atoms with Crippen LogP contribution in [0, 0.1) is 12.3 Å². The Kier molecular flexibility index (Phi) is 5.62. The Labute approximate surface area is 100 Å². The van der Waals surface area contributed by atoms with Gasteiger partial charge in [0, 0.05) is 18.5 Å². The van der Waals surface area contributed by atoms with Gasteiger partial charge in [-0.3, -0.25) is 10.1 Å². The first kappa shape index (κ1) is 12.8. The van der Waals surface area contributed by atoms with Crippen LogP contribution in [0.2, 0.25) is 0 Å². The number of rotatable bonds is 6. The van der Waals surface area contributed by atoms with Crippen LogP contribution in [0.4, 0.5) is 0 Å². The Hall–Kier alpha value is -1.31. The number of thiophene rings is 1. The summed E-state index contributed by atoms with van der Waals surface area (Å²) in [6.07, 6.45) is 5.99. The van der Waals surface area contributed by atoms with Gasteiger partial charge >= 0.3 is 0 Å². The standard InChI is InChI=1S/C12H16N2OS/c1-3-7-13-10-12(15)14(2)8-6-11-5-4-9-16-11/h1,4-5,9,13H,6-8,10H2,2H3. The van der Waals surface area contributed by atoms with Crippen LogP contribution in [0.15, 0.2) is 17.5 Å². The van der Waals surface area contributed by atoms with E-state index in [0.717, 1.165) is 13.0 Å². The van der Waals surface area contributed by atoms with E-state index in [1.165, 1.54) is 4.88 Å². The third-order valence-electron chi connectivity index (χ3n) is 2.20. The van der Waals surface area contributed by atoms with Crippen molar-refractivity contribution in [3.05, 3.63) is 22.4 Å². The summed E-state index contributed by atoms with van der Waals surface area (Å²) in [5, 5.41) is 4.93. The van der Waals surface area contributed by atoms with Crippen molar-refractivity contribution in [1.29, 1.82) is 0 Å². The summed E-state index contributed by atoms with van der Waals surface area (Å²) in [5.41, 5.74) is 0. The molecule has 0 fully saturated rings. The van der Waals surface area contributed by atoms with E-state index in [0.29, 0.717) is 13.1 Å². The van der Waals surface area contributed by atoms with E-state index >= 15 is 0 Å². The van der Waals surface area contributed by atoms with Crippen LogP contribution >= 0.6 is 11.3 Å². The summed E-state index contributed by atoms with van der Waals surface area (Å²) >= 11 is 1.72. The first-order chi connectivity index (χ1) is 7.74. The second kappa shape index (κ2) is 7.04. The molecule has 86 valence electrons. The minimum absolute atomic E-state index is 0.0757. The molecule has 0 aliphatic carbocycles. The average molecular weight is 236 g/mol. The minimum atomic E-state index is 0.0757. The Morgan fingerprint density at radius 3 is 3.12 bits per heavy atom. The fraction of sp³-hybridized carbons (Fsp3) is 0.417. The van der Waals surface area contributed by atoms with Crippen molar-refractivity contribution in [3.8, 4) is 12.3 Å². The number of nitrogens with zero attached hydrogens (tertiary/aromatic N) is 1. The molecule has 0 aromatic carbocycles. The molecule has 1 heterocycles. The lowest BCUT2D eigenvalue weighted by Gasteiger charge is -2.16. The zero-order chi connectivity index (χ0) is 11.8. The van der Waals surface area contributed by atoms with E-state index < -0.39 is 0 Å². The summed E-state index contributed by atoms with van der Waals surface area (Å²) in [6.45, 7) is 1.49. The maximum Gasteiger partial charge on any atom is 0.236 e. The topological polar surface area (TPSA) is 32.3 Å². The van der Waals surface area contributed by atoms with Gasteiger partial charge in [-0.2, -0.15) is 0 Å². The van der Waals surface area contributed by atoms with Gasteiger partial charge in [0.05, 0.1) is 13.1 Å². The van der Waals surface area contributed by atoms with Gasteiger partial charge in [0.15, 0.2) is 0 Å². The van der Waals surface area contributed by atoms with Crippen LogP contribution in [-0.4, -0.2) is 37.5 Å². The van der Waals surface area contributed by atoms with Crippen molar-refractivity contribution < 1.29 is 4.79 Å². The molecule has 0 saturated heterocycles. The van der Waals surface area contributed by atoms with Gasteiger partial charge in [-0.15, -0.1) is 17.8 Å². The number of carbonyl (C=O) groups excluding carboxylic acids is 1. The number of amides is 1. The van der Waals surface area contributed by atoms with Crippen molar-refractivity contribution in [3.63, 3.8) is 0 Å². The van der Waals surface area contributed by atoms with Crippen molar-refractivity contribution in [1.82, 2.24) is 10.2 Å². The fourth-order valence-electron chi connectivity index (χ4n) is 1.23. The molecule has 0 atom stereocenters. The van der Waals surface area contributed by atoms with E-state index in [-0.39, 0.29) is 5.91 Å². The van der Waals surface area contributed by atoms with Gasteiger partial charge in [0.2, 0.25) is 5.91 Å². The quantitative estimate of drug-likeness (QED) is 0.590. The molecule has 0 unspecified atom stereocenters. The number of hydrogen-bond acceptors (Lipinski definition) is 3. The van der Waals surface area contributed by atoms with Crippen LogP contribution in [0.25, 0.3) is 0 Å². The van der Waals surface area contributed by atoms with E-state index in [2.05, 4.69) is 17.3 Å². The molecule has 0 bridgehead atoms. The van der Waals surface area contributed by atoms with Crippen molar-refractivity contribution >= 4 is 17.2 Å². The molecule has 1 N–H and O–H groups in total. The maximum atomic E-state index is 11.6. The molecule has 1 amide bonds. The van der Waals surface area contributed by atoms with Gasteiger partial charge < -0.3 is 4.90 Å². The molecule has 0 radical (unpaired) electrons. The molecule has 1 rings (SSSR count). The second-order valence-corrected chi connectivity index (χ2v) is 4.48. The van der Waals surface area contributed by atoms with E-state index in [4.69, 9.17) is 6.42 Å². The molecule has 3 nitrogen and oxygen atoms in total.